The smallest absolute Gasteiger partial charge is 0.416 e. The van der Waals surface area contributed by atoms with Crippen LogP contribution in [0.4, 0.5) is 18.9 Å². The van der Waals surface area contributed by atoms with E-state index in [9.17, 15) is 27.6 Å². The Bertz CT molecular complexity index is 937. The van der Waals surface area contributed by atoms with Gasteiger partial charge in [-0.05, 0) is 55.0 Å². The van der Waals surface area contributed by atoms with Crippen molar-refractivity contribution < 1.29 is 32.3 Å². The number of ether oxygens (including phenoxy) is 1. The highest BCUT2D eigenvalue weighted by Gasteiger charge is 2.30. The second kappa shape index (κ2) is 9.05. The number of carbonyl (C=O) groups excluding carboxylic acids is 3. The lowest BCUT2D eigenvalue weighted by atomic mass is 10.1. The Hall–Kier alpha value is -3.62. The largest absolute Gasteiger partial charge is 0.449 e. The predicted molar refractivity (Wildman–Crippen MR) is 99.6 cm³/mol. The van der Waals surface area contributed by atoms with Crippen LogP contribution in [0.5, 0.6) is 0 Å². The van der Waals surface area contributed by atoms with Gasteiger partial charge in [-0.3, -0.25) is 9.59 Å². The van der Waals surface area contributed by atoms with Gasteiger partial charge in [0.05, 0.1) is 5.56 Å². The number of alkyl halides is 3. The monoisotopic (exact) mass is 406 g/mol. The molecule has 9 heteroatoms. The van der Waals surface area contributed by atoms with Crippen LogP contribution in [0.3, 0.4) is 0 Å². The Morgan fingerprint density at radius 3 is 2.34 bits per heavy atom. The minimum absolute atomic E-state index is 0.156. The van der Waals surface area contributed by atoms with E-state index in [0.717, 1.165) is 24.3 Å². The van der Waals surface area contributed by atoms with Crippen LogP contribution in [-0.4, -0.2) is 23.9 Å². The van der Waals surface area contributed by atoms with Crippen molar-refractivity contribution in [1.29, 1.82) is 0 Å². The van der Waals surface area contributed by atoms with Crippen molar-refractivity contribution in [2.24, 2.45) is 5.73 Å². The summed E-state index contributed by atoms with van der Waals surface area (Å²) < 4.78 is 43.0. The lowest BCUT2D eigenvalue weighted by molar-refractivity contribution is -0.148. The third kappa shape index (κ3) is 6.49. The quantitative estimate of drug-likeness (QED) is 0.568. The molecule has 0 fully saturated rings. The number of esters is 1. The number of carbonyl (C=O) groups is 3. The second-order valence-corrected chi connectivity index (χ2v) is 5.97. The molecule has 2 rings (SSSR count). The number of nitrogens with one attached hydrogen (secondary N) is 1. The van der Waals surface area contributed by atoms with E-state index in [2.05, 4.69) is 5.32 Å². The zero-order chi connectivity index (χ0) is 21.6. The standard InChI is InChI=1S/C20H17F3N2O4/c1-12(19(28)25-16-8-6-14(7-9-16)18(24)27)29-17(26)10-5-13-3-2-4-15(11-13)20(21,22)23/h2-12H,1H3,(H2,24,27)(H,25,28)/b10-5+/t12-/m0/s1. The number of amides is 2. The third-order valence-corrected chi connectivity index (χ3v) is 3.72. The molecule has 0 radical (unpaired) electrons. The Kier molecular flexibility index (Phi) is 6.76. The van der Waals surface area contributed by atoms with Gasteiger partial charge in [0.2, 0.25) is 5.91 Å². The van der Waals surface area contributed by atoms with E-state index in [1.54, 1.807) is 0 Å². The summed E-state index contributed by atoms with van der Waals surface area (Å²) in [5.74, 6) is -2.13. The molecule has 0 aliphatic heterocycles. The highest BCUT2D eigenvalue weighted by molar-refractivity contribution is 5.97. The Morgan fingerprint density at radius 2 is 1.76 bits per heavy atom. The van der Waals surface area contributed by atoms with Gasteiger partial charge < -0.3 is 15.8 Å². The molecule has 1 atom stereocenters. The van der Waals surface area contributed by atoms with Gasteiger partial charge in [0, 0.05) is 17.3 Å². The predicted octanol–water partition coefficient (Wildman–Crippen LogP) is 3.39. The van der Waals surface area contributed by atoms with Crippen LogP contribution in [0.25, 0.3) is 6.08 Å². The molecule has 0 heterocycles. The van der Waals surface area contributed by atoms with Crippen LogP contribution in [0.2, 0.25) is 0 Å². The molecule has 6 nitrogen and oxygen atoms in total. The summed E-state index contributed by atoms with van der Waals surface area (Å²) in [5, 5.41) is 2.49. The molecule has 0 saturated heterocycles. The molecule has 2 amide bonds. The Morgan fingerprint density at radius 1 is 1.10 bits per heavy atom. The van der Waals surface area contributed by atoms with Gasteiger partial charge in [-0.25, -0.2) is 4.79 Å². The maximum Gasteiger partial charge on any atom is 0.416 e. The van der Waals surface area contributed by atoms with Crippen LogP contribution in [0.15, 0.2) is 54.6 Å². The van der Waals surface area contributed by atoms with Crippen molar-refractivity contribution in [1.82, 2.24) is 0 Å². The fraction of sp³-hybridized carbons (Fsp3) is 0.150. The van der Waals surface area contributed by atoms with Crippen molar-refractivity contribution in [3.05, 3.63) is 71.3 Å². The minimum Gasteiger partial charge on any atom is -0.449 e. The van der Waals surface area contributed by atoms with Crippen LogP contribution < -0.4 is 11.1 Å². The van der Waals surface area contributed by atoms with Gasteiger partial charge >= 0.3 is 12.1 Å². The van der Waals surface area contributed by atoms with Crippen LogP contribution >= 0.6 is 0 Å². The number of hydrogen-bond donors (Lipinski definition) is 2. The number of nitrogens with two attached hydrogens (primary N) is 1. The molecule has 29 heavy (non-hydrogen) atoms. The summed E-state index contributed by atoms with van der Waals surface area (Å²) in [7, 11) is 0. The van der Waals surface area contributed by atoms with E-state index in [0.29, 0.717) is 5.69 Å². The highest BCUT2D eigenvalue weighted by atomic mass is 19.4. The summed E-state index contributed by atoms with van der Waals surface area (Å²) in [6, 6.07) is 10.2. The summed E-state index contributed by atoms with van der Waals surface area (Å²) >= 11 is 0. The first-order chi connectivity index (χ1) is 13.6. The highest BCUT2D eigenvalue weighted by Crippen LogP contribution is 2.29. The van der Waals surface area contributed by atoms with E-state index in [4.69, 9.17) is 10.5 Å². The van der Waals surface area contributed by atoms with Crippen molar-refractivity contribution in [3.8, 4) is 0 Å². The number of hydrogen-bond acceptors (Lipinski definition) is 4. The molecule has 2 aromatic rings. The molecule has 0 spiro atoms. The minimum atomic E-state index is -4.49. The van der Waals surface area contributed by atoms with Crippen molar-refractivity contribution in [2.45, 2.75) is 19.2 Å². The Labute approximate surface area is 164 Å². The lowest BCUT2D eigenvalue weighted by Gasteiger charge is -2.12. The Balaban J connectivity index is 1.93. The van der Waals surface area contributed by atoms with Gasteiger partial charge in [-0.15, -0.1) is 0 Å². The average molecular weight is 406 g/mol. The van der Waals surface area contributed by atoms with E-state index in [-0.39, 0.29) is 11.1 Å². The number of benzene rings is 2. The molecule has 0 unspecified atom stereocenters. The van der Waals surface area contributed by atoms with Gasteiger partial charge in [-0.2, -0.15) is 13.2 Å². The maximum atomic E-state index is 12.7. The molecule has 0 aliphatic rings. The molecule has 152 valence electrons. The molecule has 0 bridgehead atoms. The van der Waals surface area contributed by atoms with E-state index < -0.39 is 35.6 Å². The van der Waals surface area contributed by atoms with E-state index >= 15 is 0 Å². The first-order valence-electron chi connectivity index (χ1n) is 8.33. The fourth-order valence-corrected chi connectivity index (χ4v) is 2.21. The van der Waals surface area contributed by atoms with E-state index in [1.807, 2.05) is 0 Å². The molecular formula is C20H17F3N2O4. The zero-order valence-corrected chi connectivity index (χ0v) is 15.2. The maximum absolute atomic E-state index is 12.7. The number of primary amides is 1. The topological polar surface area (TPSA) is 98.5 Å². The van der Waals surface area contributed by atoms with Crippen molar-refractivity contribution in [3.63, 3.8) is 0 Å². The van der Waals surface area contributed by atoms with Crippen molar-refractivity contribution in [2.75, 3.05) is 5.32 Å². The van der Waals surface area contributed by atoms with Crippen LogP contribution in [-0.2, 0) is 20.5 Å². The van der Waals surface area contributed by atoms with Gasteiger partial charge in [0.15, 0.2) is 6.10 Å². The summed E-state index contributed by atoms with van der Waals surface area (Å²) in [6.45, 7) is 1.34. The summed E-state index contributed by atoms with van der Waals surface area (Å²) in [6.07, 6.45) is -3.57. The molecular weight excluding hydrogens is 389 g/mol. The molecule has 0 aromatic heterocycles. The third-order valence-electron chi connectivity index (χ3n) is 3.72. The molecule has 0 aliphatic carbocycles. The van der Waals surface area contributed by atoms with Gasteiger partial charge in [0.1, 0.15) is 0 Å². The summed E-state index contributed by atoms with van der Waals surface area (Å²) in [4.78, 5) is 34.9. The fourth-order valence-electron chi connectivity index (χ4n) is 2.21. The number of anilines is 1. The first-order valence-corrected chi connectivity index (χ1v) is 8.33. The van der Waals surface area contributed by atoms with Crippen LogP contribution in [0.1, 0.15) is 28.4 Å². The average Bonchev–Trinajstić information content (AvgIpc) is 2.66. The van der Waals surface area contributed by atoms with Crippen molar-refractivity contribution >= 4 is 29.5 Å². The number of halogens is 3. The molecule has 2 aromatic carbocycles. The molecule has 3 N–H and O–H groups in total. The van der Waals surface area contributed by atoms with E-state index in [1.165, 1.54) is 43.3 Å². The van der Waals surface area contributed by atoms with Gasteiger partial charge in [0.25, 0.3) is 5.91 Å². The summed E-state index contributed by atoms with van der Waals surface area (Å²) in [5.41, 5.74) is 5.06. The lowest BCUT2D eigenvalue weighted by Crippen LogP contribution is -2.29. The zero-order valence-electron chi connectivity index (χ0n) is 15.2. The SMILES string of the molecule is C[C@H](OC(=O)/C=C/c1cccc(C(F)(F)F)c1)C(=O)Nc1ccc(C(N)=O)cc1. The first kappa shape index (κ1) is 21.7. The molecule has 0 saturated carbocycles. The normalized spacial score (nSPS) is 12.4. The number of rotatable bonds is 6. The van der Waals surface area contributed by atoms with Gasteiger partial charge in [-0.1, -0.05) is 12.1 Å². The van der Waals surface area contributed by atoms with Crippen LogP contribution in [0, 0.1) is 0 Å². The second-order valence-electron chi connectivity index (χ2n) is 5.97.